The number of para-hydroxylation sites is 1. The number of aromatic nitrogens is 1. The average molecular weight is 430 g/mol. The van der Waals surface area contributed by atoms with Crippen LogP contribution in [0.25, 0.3) is 22.2 Å². The molecule has 3 aromatic rings. The zero-order valence-electron chi connectivity index (χ0n) is 17.0. The Labute approximate surface area is 176 Å². The van der Waals surface area contributed by atoms with E-state index in [9.17, 15) is 13.2 Å². The highest BCUT2D eigenvalue weighted by molar-refractivity contribution is 7.92. The van der Waals surface area contributed by atoms with Crippen molar-refractivity contribution >= 4 is 32.5 Å². The molecule has 0 aliphatic rings. The van der Waals surface area contributed by atoms with Crippen molar-refractivity contribution < 1.29 is 18.4 Å². The van der Waals surface area contributed by atoms with E-state index in [1.165, 1.54) is 10.6 Å². The van der Waals surface area contributed by atoms with Crippen molar-refractivity contribution in [1.29, 1.82) is 0 Å². The number of nitrogens with one attached hydrogen (secondary N) is 2. The van der Waals surface area contributed by atoms with Gasteiger partial charge >= 0.3 is 0 Å². The molecule has 3 N–H and O–H groups in total. The van der Waals surface area contributed by atoms with Crippen molar-refractivity contribution in [3.05, 3.63) is 54.6 Å². The van der Waals surface area contributed by atoms with Gasteiger partial charge in [-0.1, -0.05) is 43.2 Å². The fourth-order valence-corrected chi connectivity index (χ4v) is 4.44. The van der Waals surface area contributed by atoms with Crippen molar-refractivity contribution in [2.75, 3.05) is 17.1 Å². The lowest BCUT2D eigenvalue weighted by Gasteiger charge is -2.22. The van der Waals surface area contributed by atoms with Crippen molar-refractivity contribution in [2.45, 2.75) is 32.1 Å². The van der Waals surface area contributed by atoms with Crippen LogP contribution >= 0.6 is 0 Å². The highest BCUT2D eigenvalue weighted by Crippen LogP contribution is 2.27. The third-order valence-corrected chi connectivity index (χ3v) is 6.23. The number of hydrogen-bond acceptors (Lipinski definition) is 4. The molecule has 0 bridgehead atoms. The van der Waals surface area contributed by atoms with Gasteiger partial charge in [-0.25, -0.2) is 13.9 Å². The number of amides is 1. The van der Waals surface area contributed by atoms with E-state index in [1.807, 2.05) is 48.5 Å². The van der Waals surface area contributed by atoms with Gasteiger partial charge in [0.2, 0.25) is 15.9 Å². The van der Waals surface area contributed by atoms with Gasteiger partial charge in [0.25, 0.3) is 0 Å². The molecule has 3 rings (SSSR count). The predicted molar refractivity (Wildman–Crippen MR) is 119 cm³/mol. The number of aromatic amines is 1. The number of hydrogen-bond donors (Lipinski definition) is 3. The number of benzene rings is 2. The summed E-state index contributed by atoms with van der Waals surface area (Å²) in [7, 11) is -3.40. The van der Waals surface area contributed by atoms with Crippen molar-refractivity contribution in [3.8, 4) is 11.3 Å². The molecular formula is C22H27N3O4S. The molecule has 1 heterocycles. The van der Waals surface area contributed by atoms with Gasteiger partial charge in [0.05, 0.1) is 11.9 Å². The van der Waals surface area contributed by atoms with Gasteiger partial charge in [0.15, 0.2) is 0 Å². The number of unbranched alkanes of at least 4 members (excludes halogenated alkanes) is 3. The second-order valence-corrected chi connectivity index (χ2v) is 9.26. The summed E-state index contributed by atoms with van der Waals surface area (Å²) in [5, 5.41) is 9.61. The number of fused-ring (bicyclic) bond motifs is 1. The molecule has 0 spiro atoms. The summed E-state index contributed by atoms with van der Waals surface area (Å²) >= 11 is 0. The lowest BCUT2D eigenvalue weighted by atomic mass is 10.1. The van der Waals surface area contributed by atoms with Gasteiger partial charge in [-0.3, -0.25) is 14.3 Å². The number of sulfonamides is 1. The molecule has 0 aliphatic heterocycles. The van der Waals surface area contributed by atoms with E-state index in [1.54, 1.807) is 5.48 Å². The molecule has 160 valence electrons. The van der Waals surface area contributed by atoms with Gasteiger partial charge in [-0.05, 0) is 42.7 Å². The highest BCUT2D eigenvalue weighted by Gasteiger charge is 2.17. The highest BCUT2D eigenvalue weighted by atomic mass is 32.2. The van der Waals surface area contributed by atoms with Crippen LogP contribution in [-0.4, -0.2) is 37.3 Å². The predicted octanol–water partition coefficient (Wildman–Crippen LogP) is 4.06. The zero-order valence-corrected chi connectivity index (χ0v) is 17.8. The molecule has 2 aromatic carbocycles. The van der Waals surface area contributed by atoms with Gasteiger partial charge in [-0.15, -0.1) is 0 Å². The molecule has 0 radical (unpaired) electrons. The van der Waals surface area contributed by atoms with Crippen molar-refractivity contribution in [2.24, 2.45) is 0 Å². The molecular weight excluding hydrogens is 402 g/mol. The van der Waals surface area contributed by atoms with Crippen LogP contribution in [0.15, 0.2) is 54.6 Å². The second kappa shape index (κ2) is 9.77. The number of hydroxylamine groups is 1. The number of carbonyl (C=O) groups excluding carboxylic acids is 1. The van der Waals surface area contributed by atoms with E-state index in [0.29, 0.717) is 25.1 Å². The van der Waals surface area contributed by atoms with E-state index in [2.05, 4.69) is 11.1 Å². The first kappa shape index (κ1) is 21.9. The summed E-state index contributed by atoms with van der Waals surface area (Å²) in [6.07, 6.45) is 4.43. The molecule has 0 atom stereocenters. The van der Waals surface area contributed by atoms with Gasteiger partial charge in [0.1, 0.15) is 0 Å². The number of carbonyl (C=O) groups is 1. The van der Waals surface area contributed by atoms with E-state index in [0.717, 1.165) is 35.0 Å². The normalized spacial score (nSPS) is 11.5. The Hall–Kier alpha value is -2.84. The van der Waals surface area contributed by atoms with Crippen LogP contribution in [0.5, 0.6) is 0 Å². The van der Waals surface area contributed by atoms with E-state index in [4.69, 9.17) is 5.21 Å². The number of rotatable bonds is 10. The third kappa shape index (κ3) is 5.61. The first-order valence-corrected chi connectivity index (χ1v) is 11.8. The summed E-state index contributed by atoms with van der Waals surface area (Å²) in [4.78, 5) is 14.4. The summed E-state index contributed by atoms with van der Waals surface area (Å²) in [5.74, 6) is -0.400. The first-order chi connectivity index (χ1) is 14.4. The second-order valence-electron chi connectivity index (χ2n) is 7.35. The Morgan fingerprint density at radius 1 is 1.03 bits per heavy atom. The Bertz CT molecular complexity index is 1060. The Kier molecular flexibility index (Phi) is 7.12. The quantitative estimate of drug-likeness (QED) is 0.257. The van der Waals surface area contributed by atoms with E-state index in [-0.39, 0.29) is 6.42 Å². The van der Waals surface area contributed by atoms with Crippen molar-refractivity contribution in [1.82, 2.24) is 10.5 Å². The van der Waals surface area contributed by atoms with Crippen molar-refractivity contribution in [3.63, 3.8) is 0 Å². The van der Waals surface area contributed by atoms with Crippen LogP contribution in [0.3, 0.4) is 0 Å². The molecule has 0 aliphatic carbocycles. The van der Waals surface area contributed by atoms with Crippen LogP contribution < -0.4 is 9.79 Å². The Balaban J connectivity index is 1.64. The SMILES string of the molecule is CS(=O)(=O)N(CCCCCCC(=O)NO)c1ccc(-c2cc3ccccc3[nH]2)cc1. The maximum atomic E-state index is 12.3. The number of H-pyrrole nitrogens is 1. The molecule has 30 heavy (non-hydrogen) atoms. The summed E-state index contributed by atoms with van der Waals surface area (Å²) in [5.41, 5.74) is 5.29. The largest absolute Gasteiger partial charge is 0.355 e. The number of anilines is 1. The average Bonchev–Trinajstić information content (AvgIpc) is 3.16. The van der Waals surface area contributed by atoms with Gasteiger partial charge < -0.3 is 4.98 Å². The van der Waals surface area contributed by atoms with Crippen LogP contribution in [0.2, 0.25) is 0 Å². The first-order valence-electron chi connectivity index (χ1n) is 9.97. The number of nitrogens with zero attached hydrogens (tertiary/aromatic N) is 1. The maximum absolute atomic E-state index is 12.3. The van der Waals surface area contributed by atoms with Crippen LogP contribution in [0.1, 0.15) is 32.1 Å². The van der Waals surface area contributed by atoms with E-state index >= 15 is 0 Å². The minimum absolute atomic E-state index is 0.265. The van der Waals surface area contributed by atoms with Crippen LogP contribution in [0, 0.1) is 0 Å². The molecule has 0 fully saturated rings. The Morgan fingerprint density at radius 3 is 2.40 bits per heavy atom. The summed E-state index contributed by atoms with van der Waals surface area (Å²) in [6, 6.07) is 17.6. The standard InChI is InChI=1S/C22H27N3O4S/c1-30(28,29)25(15-7-3-2-4-10-22(26)24-27)19-13-11-17(12-14-19)21-16-18-8-5-6-9-20(18)23-21/h5-6,8-9,11-14,16,23,27H,2-4,7,10,15H2,1H3,(H,24,26). The molecule has 1 aromatic heterocycles. The maximum Gasteiger partial charge on any atom is 0.243 e. The lowest BCUT2D eigenvalue weighted by Crippen LogP contribution is -2.30. The monoisotopic (exact) mass is 429 g/mol. The molecule has 1 amide bonds. The van der Waals surface area contributed by atoms with Crippen LogP contribution in [0.4, 0.5) is 5.69 Å². The van der Waals surface area contributed by atoms with Gasteiger partial charge in [0, 0.05) is 29.6 Å². The van der Waals surface area contributed by atoms with E-state index < -0.39 is 15.9 Å². The minimum atomic E-state index is -3.40. The molecule has 7 nitrogen and oxygen atoms in total. The fraction of sp³-hybridized carbons (Fsp3) is 0.318. The third-order valence-electron chi connectivity index (χ3n) is 5.04. The fourth-order valence-electron chi connectivity index (χ4n) is 3.47. The summed E-state index contributed by atoms with van der Waals surface area (Å²) < 4.78 is 26.0. The lowest BCUT2D eigenvalue weighted by molar-refractivity contribution is -0.129. The molecule has 0 saturated carbocycles. The molecule has 8 heteroatoms. The minimum Gasteiger partial charge on any atom is -0.355 e. The van der Waals surface area contributed by atoms with Gasteiger partial charge in [-0.2, -0.15) is 0 Å². The molecule has 0 saturated heterocycles. The zero-order chi connectivity index (χ0) is 21.6. The topological polar surface area (TPSA) is 102 Å². The summed E-state index contributed by atoms with van der Waals surface area (Å²) in [6.45, 7) is 0.386. The Morgan fingerprint density at radius 2 is 1.73 bits per heavy atom. The smallest absolute Gasteiger partial charge is 0.243 e. The molecule has 0 unspecified atom stereocenters. The van der Waals surface area contributed by atoms with Crippen LogP contribution in [-0.2, 0) is 14.8 Å².